The molecule has 2 aromatic rings. The highest BCUT2D eigenvalue weighted by Crippen LogP contribution is 2.31. The van der Waals surface area contributed by atoms with Gasteiger partial charge in [0.05, 0.1) is 0 Å². The van der Waals surface area contributed by atoms with Gasteiger partial charge in [-0.3, -0.25) is 4.90 Å². The molecule has 0 unspecified atom stereocenters. The van der Waals surface area contributed by atoms with E-state index in [4.69, 9.17) is 4.74 Å². The van der Waals surface area contributed by atoms with E-state index in [-0.39, 0.29) is 5.75 Å². The molecule has 0 atom stereocenters. The van der Waals surface area contributed by atoms with Crippen LogP contribution in [0.4, 0.5) is 0 Å². The van der Waals surface area contributed by atoms with E-state index in [9.17, 15) is 5.11 Å². The molecule has 1 heterocycles. The van der Waals surface area contributed by atoms with Gasteiger partial charge in [0.15, 0.2) is 11.5 Å². The van der Waals surface area contributed by atoms with Crippen LogP contribution in [0.15, 0.2) is 36.4 Å². The Morgan fingerprint density at radius 2 is 1.70 bits per heavy atom. The molecule has 1 fully saturated rings. The molecule has 3 heteroatoms. The third kappa shape index (κ3) is 3.05. The summed E-state index contributed by atoms with van der Waals surface area (Å²) >= 11 is 0. The maximum Gasteiger partial charge on any atom is 0.161 e. The normalized spacial score (nSPS) is 16.4. The Labute approximate surface area is 119 Å². The lowest BCUT2D eigenvalue weighted by Crippen LogP contribution is -2.33. The summed E-state index contributed by atoms with van der Waals surface area (Å²) in [6.45, 7) is 3.91. The number of rotatable bonds is 4. The largest absolute Gasteiger partial charge is 0.504 e. The molecule has 20 heavy (non-hydrogen) atoms. The molecule has 0 aromatic heterocycles. The lowest BCUT2D eigenvalue weighted by molar-refractivity contribution is 0.181. The summed E-state index contributed by atoms with van der Waals surface area (Å²) in [6.07, 6.45) is 3.94. The highest BCUT2D eigenvalue weighted by atomic mass is 16.5. The highest BCUT2D eigenvalue weighted by Gasteiger charge is 2.10. The smallest absolute Gasteiger partial charge is 0.161 e. The average molecular weight is 271 g/mol. The van der Waals surface area contributed by atoms with Crippen LogP contribution < -0.4 is 4.74 Å². The fourth-order valence-electron chi connectivity index (χ4n) is 2.79. The fraction of sp³-hybridized carbons (Fsp3) is 0.412. The van der Waals surface area contributed by atoms with Crippen LogP contribution in [0, 0.1) is 0 Å². The van der Waals surface area contributed by atoms with Crippen LogP contribution in [-0.2, 0) is 0 Å². The molecule has 106 valence electrons. The molecule has 1 aliphatic rings. The van der Waals surface area contributed by atoms with Crippen molar-refractivity contribution in [1.82, 2.24) is 4.90 Å². The average Bonchev–Trinajstić information content (AvgIpc) is 2.49. The predicted octanol–water partition coefficient (Wildman–Crippen LogP) is 3.41. The Morgan fingerprint density at radius 1 is 1.00 bits per heavy atom. The maximum atomic E-state index is 10.0. The van der Waals surface area contributed by atoms with E-state index in [0.717, 1.165) is 17.3 Å². The van der Waals surface area contributed by atoms with E-state index in [1.54, 1.807) is 6.07 Å². The number of phenols is 1. The van der Waals surface area contributed by atoms with Gasteiger partial charge in [-0.15, -0.1) is 0 Å². The number of nitrogens with zero attached hydrogens (tertiary/aromatic N) is 1. The standard InChI is InChI=1S/C17H21NO2/c19-16-12-14-6-2-3-7-15(14)13-17(16)20-11-10-18-8-4-1-5-9-18/h2-3,6-7,12-13,19H,1,4-5,8-11H2. The molecule has 0 spiro atoms. The Hall–Kier alpha value is -1.74. The summed E-state index contributed by atoms with van der Waals surface area (Å²) in [6, 6.07) is 11.7. The molecule has 0 radical (unpaired) electrons. The second kappa shape index (κ2) is 6.14. The minimum absolute atomic E-state index is 0.224. The number of hydrogen-bond acceptors (Lipinski definition) is 3. The molecule has 2 aromatic carbocycles. The molecule has 3 nitrogen and oxygen atoms in total. The van der Waals surface area contributed by atoms with E-state index in [1.807, 2.05) is 30.3 Å². The van der Waals surface area contributed by atoms with Gasteiger partial charge in [0.25, 0.3) is 0 Å². The highest BCUT2D eigenvalue weighted by molar-refractivity contribution is 5.85. The van der Waals surface area contributed by atoms with Crippen LogP contribution in [-0.4, -0.2) is 36.2 Å². The monoisotopic (exact) mass is 271 g/mol. The van der Waals surface area contributed by atoms with Gasteiger partial charge in [0, 0.05) is 6.54 Å². The van der Waals surface area contributed by atoms with Gasteiger partial charge in [-0.05, 0) is 48.8 Å². The summed E-state index contributed by atoms with van der Waals surface area (Å²) in [5.74, 6) is 0.808. The van der Waals surface area contributed by atoms with Gasteiger partial charge >= 0.3 is 0 Å². The summed E-state index contributed by atoms with van der Waals surface area (Å²) in [5, 5.41) is 12.1. The number of hydrogen-bond donors (Lipinski definition) is 1. The summed E-state index contributed by atoms with van der Waals surface area (Å²) in [4.78, 5) is 2.43. The number of phenolic OH excluding ortho intramolecular Hbond substituents is 1. The number of benzene rings is 2. The Balaban J connectivity index is 1.63. The van der Waals surface area contributed by atoms with Crippen molar-refractivity contribution in [3.05, 3.63) is 36.4 Å². The minimum Gasteiger partial charge on any atom is -0.504 e. The van der Waals surface area contributed by atoms with Gasteiger partial charge in [-0.25, -0.2) is 0 Å². The fourth-order valence-corrected chi connectivity index (χ4v) is 2.79. The number of piperidine rings is 1. The third-order valence-corrected chi connectivity index (χ3v) is 3.94. The number of aromatic hydroxyl groups is 1. The lowest BCUT2D eigenvalue weighted by Gasteiger charge is -2.26. The van der Waals surface area contributed by atoms with Crippen molar-refractivity contribution in [3.63, 3.8) is 0 Å². The van der Waals surface area contributed by atoms with Crippen molar-refractivity contribution in [2.45, 2.75) is 19.3 Å². The van der Waals surface area contributed by atoms with Crippen LogP contribution in [0.25, 0.3) is 10.8 Å². The van der Waals surface area contributed by atoms with Crippen molar-refractivity contribution in [2.24, 2.45) is 0 Å². The molecule has 3 rings (SSSR count). The van der Waals surface area contributed by atoms with E-state index in [2.05, 4.69) is 4.90 Å². The summed E-state index contributed by atoms with van der Waals surface area (Å²) < 4.78 is 5.76. The molecule has 0 saturated carbocycles. The second-order valence-corrected chi connectivity index (χ2v) is 5.42. The molecule has 0 aliphatic carbocycles. The van der Waals surface area contributed by atoms with E-state index in [0.29, 0.717) is 12.4 Å². The van der Waals surface area contributed by atoms with Crippen LogP contribution in [0.3, 0.4) is 0 Å². The first-order valence-corrected chi connectivity index (χ1v) is 7.40. The van der Waals surface area contributed by atoms with Crippen LogP contribution in [0.5, 0.6) is 11.5 Å². The van der Waals surface area contributed by atoms with Gasteiger partial charge in [0.1, 0.15) is 6.61 Å². The topological polar surface area (TPSA) is 32.7 Å². The van der Waals surface area contributed by atoms with E-state index >= 15 is 0 Å². The van der Waals surface area contributed by atoms with Crippen molar-refractivity contribution in [2.75, 3.05) is 26.2 Å². The summed E-state index contributed by atoms with van der Waals surface area (Å²) in [7, 11) is 0. The first kappa shape index (κ1) is 13.3. The summed E-state index contributed by atoms with van der Waals surface area (Å²) in [5.41, 5.74) is 0. The zero-order valence-corrected chi connectivity index (χ0v) is 11.7. The Morgan fingerprint density at radius 3 is 2.45 bits per heavy atom. The molecular weight excluding hydrogens is 250 g/mol. The zero-order chi connectivity index (χ0) is 13.8. The number of ether oxygens (including phenoxy) is 1. The van der Waals surface area contributed by atoms with Gasteiger partial charge < -0.3 is 9.84 Å². The van der Waals surface area contributed by atoms with Gasteiger partial charge in [0.2, 0.25) is 0 Å². The van der Waals surface area contributed by atoms with Crippen LogP contribution in [0.1, 0.15) is 19.3 Å². The van der Waals surface area contributed by atoms with Crippen LogP contribution in [0.2, 0.25) is 0 Å². The molecule has 1 saturated heterocycles. The molecule has 0 amide bonds. The van der Waals surface area contributed by atoms with Crippen molar-refractivity contribution < 1.29 is 9.84 Å². The molecular formula is C17H21NO2. The molecule has 1 N–H and O–H groups in total. The first-order chi connectivity index (χ1) is 9.83. The quantitative estimate of drug-likeness (QED) is 0.925. The third-order valence-electron chi connectivity index (χ3n) is 3.94. The first-order valence-electron chi connectivity index (χ1n) is 7.40. The van der Waals surface area contributed by atoms with Crippen molar-refractivity contribution >= 4 is 10.8 Å². The zero-order valence-electron chi connectivity index (χ0n) is 11.7. The Kier molecular flexibility index (Phi) is 4.07. The number of fused-ring (bicyclic) bond motifs is 1. The van der Waals surface area contributed by atoms with Crippen molar-refractivity contribution in [3.8, 4) is 11.5 Å². The lowest BCUT2D eigenvalue weighted by atomic mass is 10.1. The van der Waals surface area contributed by atoms with Crippen molar-refractivity contribution in [1.29, 1.82) is 0 Å². The Bertz CT molecular complexity index is 576. The van der Waals surface area contributed by atoms with E-state index < -0.39 is 0 Å². The SMILES string of the molecule is Oc1cc2ccccc2cc1OCCN1CCCCC1. The van der Waals surface area contributed by atoms with Gasteiger partial charge in [-0.2, -0.15) is 0 Å². The molecule has 0 bridgehead atoms. The number of likely N-dealkylation sites (tertiary alicyclic amines) is 1. The second-order valence-electron chi connectivity index (χ2n) is 5.42. The maximum absolute atomic E-state index is 10.0. The van der Waals surface area contributed by atoms with Crippen LogP contribution >= 0.6 is 0 Å². The van der Waals surface area contributed by atoms with Gasteiger partial charge in [-0.1, -0.05) is 30.7 Å². The predicted molar refractivity (Wildman–Crippen MR) is 81.4 cm³/mol. The molecule has 1 aliphatic heterocycles. The van der Waals surface area contributed by atoms with E-state index in [1.165, 1.54) is 32.4 Å². The minimum atomic E-state index is 0.224.